The van der Waals surface area contributed by atoms with Crippen LogP contribution in [0.1, 0.15) is 16.8 Å². The van der Waals surface area contributed by atoms with Crippen molar-refractivity contribution in [1.82, 2.24) is 4.90 Å². The van der Waals surface area contributed by atoms with Crippen molar-refractivity contribution >= 4 is 17.3 Å². The molecule has 0 saturated carbocycles. The summed E-state index contributed by atoms with van der Waals surface area (Å²) >= 11 is 0. The Hall–Kier alpha value is -1.75. The molecule has 0 spiro atoms. The molecule has 1 aliphatic heterocycles. The molecule has 1 atom stereocenters. The van der Waals surface area contributed by atoms with Gasteiger partial charge in [-0.2, -0.15) is 0 Å². The van der Waals surface area contributed by atoms with Crippen molar-refractivity contribution in [3.63, 3.8) is 0 Å². The third-order valence-corrected chi connectivity index (χ3v) is 3.52. The summed E-state index contributed by atoms with van der Waals surface area (Å²) in [5, 5.41) is 0. The molecule has 4 N–H and O–H groups in total. The molecule has 1 fully saturated rings. The van der Waals surface area contributed by atoms with Crippen molar-refractivity contribution < 1.29 is 4.79 Å². The van der Waals surface area contributed by atoms with Crippen molar-refractivity contribution in [3.05, 3.63) is 23.8 Å². The predicted octanol–water partition coefficient (Wildman–Crippen LogP) is 0.508. The molecule has 1 aromatic carbocycles. The Kier molecular flexibility index (Phi) is 3.43. The topological polar surface area (TPSA) is 75.6 Å². The van der Waals surface area contributed by atoms with Gasteiger partial charge in [0.2, 0.25) is 0 Å². The standard InChI is InChI=1S/C13H20N4O/c1-16(2)10-5-6-17(8-10)12-7-9(14)3-4-11(12)13(15)18/h3-4,7,10H,5-6,8,14H2,1-2H3,(H2,15,18). The highest BCUT2D eigenvalue weighted by atomic mass is 16.1. The van der Waals surface area contributed by atoms with Crippen LogP contribution in [0.15, 0.2) is 18.2 Å². The van der Waals surface area contributed by atoms with E-state index in [1.165, 1.54) is 0 Å². The van der Waals surface area contributed by atoms with Crippen LogP contribution in [-0.2, 0) is 0 Å². The van der Waals surface area contributed by atoms with Crippen molar-refractivity contribution in [2.45, 2.75) is 12.5 Å². The van der Waals surface area contributed by atoms with E-state index in [1.807, 2.05) is 6.07 Å². The lowest BCUT2D eigenvalue weighted by molar-refractivity contribution is 0.100. The Bertz CT molecular complexity index is 458. The summed E-state index contributed by atoms with van der Waals surface area (Å²) < 4.78 is 0. The summed E-state index contributed by atoms with van der Waals surface area (Å²) in [6.45, 7) is 1.82. The number of hydrogen-bond acceptors (Lipinski definition) is 4. The number of rotatable bonds is 3. The van der Waals surface area contributed by atoms with E-state index in [-0.39, 0.29) is 0 Å². The van der Waals surface area contributed by atoms with Gasteiger partial charge in [-0.25, -0.2) is 0 Å². The van der Waals surface area contributed by atoms with Gasteiger partial charge in [-0.3, -0.25) is 4.79 Å². The maximum atomic E-state index is 11.4. The number of benzene rings is 1. The Morgan fingerprint density at radius 3 is 2.72 bits per heavy atom. The maximum Gasteiger partial charge on any atom is 0.250 e. The molecule has 5 nitrogen and oxygen atoms in total. The number of nitrogen functional groups attached to an aromatic ring is 1. The van der Waals surface area contributed by atoms with Gasteiger partial charge >= 0.3 is 0 Å². The first-order chi connectivity index (χ1) is 8.49. The van der Waals surface area contributed by atoms with E-state index in [0.29, 0.717) is 17.3 Å². The van der Waals surface area contributed by atoms with Gasteiger partial charge < -0.3 is 21.3 Å². The Morgan fingerprint density at radius 2 is 2.17 bits per heavy atom. The smallest absolute Gasteiger partial charge is 0.250 e. The molecule has 1 aliphatic rings. The molecule has 0 radical (unpaired) electrons. The average molecular weight is 248 g/mol. The lowest BCUT2D eigenvalue weighted by atomic mass is 10.1. The molecular formula is C13H20N4O. The minimum absolute atomic E-state index is 0.404. The molecule has 98 valence electrons. The fraction of sp³-hybridized carbons (Fsp3) is 0.462. The van der Waals surface area contributed by atoms with Crippen molar-refractivity contribution in [1.29, 1.82) is 0 Å². The van der Waals surface area contributed by atoms with E-state index < -0.39 is 5.91 Å². The first kappa shape index (κ1) is 12.7. The van der Waals surface area contributed by atoms with Crippen LogP contribution in [0.2, 0.25) is 0 Å². The maximum absolute atomic E-state index is 11.4. The van der Waals surface area contributed by atoms with E-state index in [0.717, 1.165) is 25.2 Å². The summed E-state index contributed by atoms with van der Waals surface area (Å²) in [6, 6.07) is 5.75. The number of carbonyl (C=O) groups excluding carboxylic acids is 1. The van der Waals surface area contributed by atoms with Gasteiger partial charge in [0.25, 0.3) is 5.91 Å². The highest BCUT2D eigenvalue weighted by Crippen LogP contribution is 2.27. The number of nitrogens with zero attached hydrogens (tertiary/aromatic N) is 2. The number of amides is 1. The van der Waals surface area contributed by atoms with Crippen LogP contribution in [0.5, 0.6) is 0 Å². The second-order valence-electron chi connectivity index (χ2n) is 4.99. The highest BCUT2D eigenvalue weighted by molar-refractivity contribution is 5.99. The van der Waals surface area contributed by atoms with E-state index >= 15 is 0 Å². The number of anilines is 2. The van der Waals surface area contributed by atoms with Gasteiger partial charge in [-0.05, 0) is 38.7 Å². The van der Waals surface area contributed by atoms with Crippen LogP contribution in [0.4, 0.5) is 11.4 Å². The third kappa shape index (κ3) is 2.41. The van der Waals surface area contributed by atoms with Gasteiger partial charge in [0, 0.05) is 24.8 Å². The number of hydrogen-bond donors (Lipinski definition) is 2. The zero-order chi connectivity index (χ0) is 13.3. The number of nitrogens with two attached hydrogens (primary N) is 2. The predicted molar refractivity (Wildman–Crippen MR) is 73.7 cm³/mol. The van der Waals surface area contributed by atoms with E-state index in [9.17, 15) is 4.79 Å². The first-order valence-electron chi connectivity index (χ1n) is 6.09. The van der Waals surface area contributed by atoms with Gasteiger partial charge in [0.05, 0.1) is 11.3 Å². The number of likely N-dealkylation sites (N-methyl/N-ethyl adjacent to an activating group) is 1. The fourth-order valence-corrected chi connectivity index (χ4v) is 2.40. The molecule has 1 saturated heterocycles. The van der Waals surface area contributed by atoms with Crippen molar-refractivity contribution in [2.24, 2.45) is 5.73 Å². The fourth-order valence-electron chi connectivity index (χ4n) is 2.40. The molecule has 1 heterocycles. The molecule has 0 bridgehead atoms. The molecule has 5 heteroatoms. The van der Waals surface area contributed by atoms with Gasteiger partial charge in [-0.15, -0.1) is 0 Å². The summed E-state index contributed by atoms with van der Waals surface area (Å²) in [6.07, 6.45) is 1.08. The van der Waals surface area contributed by atoms with E-state index in [4.69, 9.17) is 11.5 Å². The second kappa shape index (κ2) is 4.86. The molecule has 0 aromatic heterocycles. The Labute approximate surface area is 107 Å². The molecular weight excluding hydrogens is 228 g/mol. The van der Waals surface area contributed by atoms with Gasteiger partial charge in [0.15, 0.2) is 0 Å². The van der Waals surface area contributed by atoms with Crippen molar-refractivity contribution in [3.8, 4) is 0 Å². The number of carbonyl (C=O) groups is 1. The summed E-state index contributed by atoms with van der Waals surface area (Å²) in [7, 11) is 4.14. The van der Waals surface area contributed by atoms with Crippen LogP contribution in [0.3, 0.4) is 0 Å². The molecule has 0 aliphatic carbocycles. The molecule has 1 amide bonds. The van der Waals surface area contributed by atoms with E-state index in [1.54, 1.807) is 12.1 Å². The third-order valence-electron chi connectivity index (χ3n) is 3.52. The first-order valence-corrected chi connectivity index (χ1v) is 6.09. The summed E-state index contributed by atoms with van der Waals surface area (Å²) in [4.78, 5) is 15.8. The molecule has 1 unspecified atom stereocenters. The van der Waals surface area contributed by atoms with Gasteiger partial charge in [0.1, 0.15) is 0 Å². The largest absolute Gasteiger partial charge is 0.399 e. The normalized spacial score (nSPS) is 19.5. The van der Waals surface area contributed by atoms with Crippen LogP contribution in [-0.4, -0.2) is 44.0 Å². The minimum Gasteiger partial charge on any atom is -0.399 e. The monoisotopic (exact) mass is 248 g/mol. The second-order valence-corrected chi connectivity index (χ2v) is 4.99. The van der Waals surface area contributed by atoms with Gasteiger partial charge in [-0.1, -0.05) is 0 Å². The molecule has 18 heavy (non-hydrogen) atoms. The zero-order valence-corrected chi connectivity index (χ0v) is 10.9. The Balaban J connectivity index is 2.28. The quantitative estimate of drug-likeness (QED) is 0.764. The molecule has 1 aromatic rings. The Morgan fingerprint density at radius 1 is 1.44 bits per heavy atom. The highest BCUT2D eigenvalue weighted by Gasteiger charge is 2.26. The van der Waals surface area contributed by atoms with Crippen LogP contribution in [0.25, 0.3) is 0 Å². The summed E-state index contributed by atoms with van der Waals surface area (Å²) in [5.41, 5.74) is 13.3. The number of primary amides is 1. The molecule has 2 rings (SSSR count). The van der Waals surface area contributed by atoms with Crippen molar-refractivity contribution in [2.75, 3.05) is 37.8 Å². The zero-order valence-electron chi connectivity index (χ0n) is 10.9. The minimum atomic E-state index is -0.404. The van der Waals surface area contributed by atoms with Crippen LogP contribution in [0, 0.1) is 0 Å². The lowest BCUT2D eigenvalue weighted by Gasteiger charge is -2.23. The lowest BCUT2D eigenvalue weighted by Crippen LogP contribution is -2.32. The van der Waals surface area contributed by atoms with Crippen LogP contribution >= 0.6 is 0 Å². The average Bonchev–Trinajstić information content (AvgIpc) is 2.77. The van der Waals surface area contributed by atoms with Crippen LogP contribution < -0.4 is 16.4 Å². The van der Waals surface area contributed by atoms with E-state index in [2.05, 4.69) is 23.9 Å². The SMILES string of the molecule is CN(C)C1CCN(c2cc(N)ccc2C(N)=O)C1. The summed E-state index contributed by atoms with van der Waals surface area (Å²) in [5.74, 6) is -0.404.